The Hall–Kier alpha value is -1.24. The van der Waals surface area contributed by atoms with Crippen LogP contribution in [-0.2, 0) is 11.2 Å². The standard InChI is InChI=1S/C12H14F3NO2S/c1-2-9-8-4-6-19-10(8)3-5-16(9)11(17)18-7-12(13,14)15/h4,6,9H,2-3,5,7H2,1H3. The van der Waals surface area contributed by atoms with E-state index in [0.717, 1.165) is 5.56 Å². The van der Waals surface area contributed by atoms with Crippen molar-refractivity contribution in [3.8, 4) is 0 Å². The van der Waals surface area contributed by atoms with Crippen LogP contribution in [0.5, 0.6) is 0 Å². The fraction of sp³-hybridized carbons (Fsp3) is 0.583. The minimum absolute atomic E-state index is 0.185. The van der Waals surface area contributed by atoms with Gasteiger partial charge in [-0.05, 0) is 29.9 Å². The van der Waals surface area contributed by atoms with Crippen LogP contribution in [0.25, 0.3) is 0 Å². The zero-order valence-corrected chi connectivity index (χ0v) is 11.2. The highest BCUT2D eigenvalue weighted by Gasteiger charge is 2.34. The molecular formula is C12H14F3NO2S. The van der Waals surface area contributed by atoms with Crippen LogP contribution in [0.15, 0.2) is 11.4 Å². The predicted molar refractivity (Wildman–Crippen MR) is 65.2 cm³/mol. The predicted octanol–water partition coefficient (Wildman–Crippen LogP) is 3.76. The maximum atomic E-state index is 12.1. The average Bonchev–Trinajstić information content (AvgIpc) is 2.81. The second-order valence-electron chi connectivity index (χ2n) is 4.34. The molecule has 2 heterocycles. The molecule has 0 aromatic carbocycles. The second-order valence-corrected chi connectivity index (χ2v) is 5.34. The molecule has 1 aliphatic rings. The van der Waals surface area contributed by atoms with Crippen LogP contribution < -0.4 is 0 Å². The van der Waals surface area contributed by atoms with Crippen molar-refractivity contribution in [1.29, 1.82) is 0 Å². The summed E-state index contributed by atoms with van der Waals surface area (Å²) in [4.78, 5) is 14.3. The molecule has 0 N–H and O–H groups in total. The molecule has 1 aromatic heterocycles. The summed E-state index contributed by atoms with van der Waals surface area (Å²) in [7, 11) is 0. The van der Waals surface area contributed by atoms with Crippen LogP contribution in [0, 0.1) is 0 Å². The van der Waals surface area contributed by atoms with Gasteiger partial charge in [0.25, 0.3) is 0 Å². The minimum Gasteiger partial charge on any atom is -0.440 e. The van der Waals surface area contributed by atoms with Crippen LogP contribution in [0.4, 0.5) is 18.0 Å². The number of fused-ring (bicyclic) bond motifs is 1. The Balaban J connectivity index is 2.06. The quantitative estimate of drug-likeness (QED) is 0.831. The Morgan fingerprint density at radius 2 is 2.32 bits per heavy atom. The SMILES string of the molecule is CCC1c2ccsc2CCN1C(=O)OCC(F)(F)F. The largest absolute Gasteiger partial charge is 0.440 e. The van der Waals surface area contributed by atoms with Crippen LogP contribution >= 0.6 is 11.3 Å². The van der Waals surface area contributed by atoms with E-state index >= 15 is 0 Å². The molecule has 0 fully saturated rings. The Kier molecular flexibility index (Phi) is 4.03. The van der Waals surface area contributed by atoms with Crippen LogP contribution in [0.1, 0.15) is 29.8 Å². The number of ether oxygens (including phenoxy) is 1. The van der Waals surface area contributed by atoms with Crippen molar-refractivity contribution < 1.29 is 22.7 Å². The van der Waals surface area contributed by atoms with Crippen LogP contribution in [-0.4, -0.2) is 30.3 Å². The summed E-state index contributed by atoms with van der Waals surface area (Å²) in [5, 5.41) is 1.94. The molecule has 1 aromatic rings. The summed E-state index contributed by atoms with van der Waals surface area (Å²) >= 11 is 1.62. The van der Waals surface area contributed by atoms with Gasteiger partial charge in [0, 0.05) is 11.4 Å². The number of alkyl halides is 3. The monoisotopic (exact) mass is 293 g/mol. The molecule has 1 atom stereocenters. The molecule has 0 saturated carbocycles. The molecule has 0 radical (unpaired) electrons. The molecule has 0 saturated heterocycles. The van der Waals surface area contributed by atoms with E-state index in [1.54, 1.807) is 11.3 Å². The lowest BCUT2D eigenvalue weighted by Gasteiger charge is -2.34. The summed E-state index contributed by atoms with van der Waals surface area (Å²) in [6.07, 6.45) is -4.04. The lowest BCUT2D eigenvalue weighted by atomic mass is 9.98. The highest BCUT2D eigenvalue weighted by atomic mass is 32.1. The van der Waals surface area contributed by atoms with E-state index in [-0.39, 0.29) is 6.04 Å². The average molecular weight is 293 g/mol. The van der Waals surface area contributed by atoms with Gasteiger partial charge < -0.3 is 9.64 Å². The van der Waals surface area contributed by atoms with Crippen molar-refractivity contribution >= 4 is 17.4 Å². The van der Waals surface area contributed by atoms with Crippen LogP contribution in [0.3, 0.4) is 0 Å². The third-order valence-electron chi connectivity index (χ3n) is 3.08. The Morgan fingerprint density at radius 1 is 1.58 bits per heavy atom. The number of amides is 1. The summed E-state index contributed by atoms with van der Waals surface area (Å²) < 4.78 is 40.5. The fourth-order valence-electron chi connectivity index (χ4n) is 2.28. The van der Waals surface area contributed by atoms with Gasteiger partial charge in [-0.15, -0.1) is 11.3 Å². The minimum atomic E-state index is -4.49. The molecule has 7 heteroatoms. The lowest BCUT2D eigenvalue weighted by molar-refractivity contribution is -0.163. The van der Waals surface area contributed by atoms with Crippen molar-refractivity contribution in [1.82, 2.24) is 4.90 Å². The van der Waals surface area contributed by atoms with Crippen molar-refractivity contribution in [2.45, 2.75) is 32.0 Å². The van der Waals surface area contributed by atoms with Gasteiger partial charge in [-0.25, -0.2) is 4.79 Å². The van der Waals surface area contributed by atoms with E-state index in [1.165, 1.54) is 9.78 Å². The third-order valence-corrected chi connectivity index (χ3v) is 4.07. The number of carbonyl (C=O) groups excluding carboxylic acids is 1. The van der Waals surface area contributed by atoms with E-state index in [2.05, 4.69) is 4.74 Å². The van der Waals surface area contributed by atoms with Crippen molar-refractivity contribution in [3.63, 3.8) is 0 Å². The Bertz CT molecular complexity index is 458. The first kappa shape index (κ1) is 14.2. The van der Waals surface area contributed by atoms with Gasteiger partial charge in [-0.2, -0.15) is 13.2 Å². The van der Waals surface area contributed by atoms with E-state index < -0.39 is 18.9 Å². The number of halogens is 3. The first-order valence-corrected chi connectivity index (χ1v) is 6.86. The summed E-state index contributed by atoms with van der Waals surface area (Å²) in [6.45, 7) is 0.777. The highest BCUT2D eigenvalue weighted by Crippen LogP contribution is 2.35. The summed E-state index contributed by atoms with van der Waals surface area (Å²) in [6, 6.07) is 1.74. The third kappa shape index (κ3) is 3.20. The molecule has 0 spiro atoms. The normalized spacial score (nSPS) is 19.2. The van der Waals surface area contributed by atoms with E-state index in [1.807, 2.05) is 18.4 Å². The van der Waals surface area contributed by atoms with Crippen molar-refractivity contribution in [2.24, 2.45) is 0 Å². The van der Waals surface area contributed by atoms with Crippen molar-refractivity contribution in [3.05, 3.63) is 21.9 Å². The maximum absolute atomic E-state index is 12.1. The molecule has 2 rings (SSSR count). The molecule has 106 valence electrons. The van der Waals surface area contributed by atoms with Gasteiger partial charge in [0.1, 0.15) is 0 Å². The molecule has 1 unspecified atom stereocenters. The van der Waals surface area contributed by atoms with Gasteiger partial charge in [-0.1, -0.05) is 6.92 Å². The first-order valence-electron chi connectivity index (χ1n) is 5.98. The van der Waals surface area contributed by atoms with Gasteiger partial charge in [0.15, 0.2) is 6.61 Å². The Labute approximate surface area is 113 Å². The number of thiophene rings is 1. The van der Waals surface area contributed by atoms with E-state index in [4.69, 9.17) is 0 Å². The molecule has 0 aliphatic carbocycles. The molecule has 19 heavy (non-hydrogen) atoms. The zero-order chi connectivity index (χ0) is 14.0. The van der Waals surface area contributed by atoms with E-state index in [9.17, 15) is 18.0 Å². The summed E-state index contributed by atoms with van der Waals surface area (Å²) in [5.41, 5.74) is 1.03. The van der Waals surface area contributed by atoms with Crippen molar-refractivity contribution in [2.75, 3.05) is 13.2 Å². The second kappa shape index (κ2) is 5.40. The number of nitrogens with zero attached hydrogens (tertiary/aromatic N) is 1. The van der Waals surface area contributed by atoms with Crippen LogP contribution in [0.2, 0.25) is 0 Å². The Morgan fingerprint density at radius 3 is 2.95 bits per heavy atom. The lowest BCUT2D eigenvalue weighted by Crippen LogP contribution is -2.40. The maximum Gasteiger partial charge on any atom is 0.422 e. The van der Waals surface area contributed by atoms with Gasteiger partial charge in [0.05, 0.1) is 6.04 Å². The topological polar surface area (TPSA) is 29.5 Å². The first-order chi connectivity index (χ1) is 8.92. The number of carbonyl (C=O) groups is 1. The number of rotatable bonds is 2. The summed E-state index contributed by atoms with van der Waals surface area (Å²) in [5.74, 6) is 0. The molecule has 0 bridgehead atoms. The molecule has 1 aliphatic heterocycles. The number of hydrogen-bond acceptors (Lipinski definition) is 3. The van der Waals surface area contributed by atoms with E-state index in [0.29, 0.717) is 19.4 Å². The highest BCUT2D eigenvalue weighted by molar-refractivity contribution is 7.10. The van der Waals surface area contributed by atoms with Gasteiger partial charge in [-0.3, -0.25) is 0 Å². The van der Waals surface area contributed by atoms with Gasteiger partial charge in [0.2, 0.25) is 0 Å². The zero-order valence-electron chi connectivity index (χ0n) is 10.4. The molecular weight excluding hydrogens is 279 g/mol. The smallest absolute Gasteiger partial charge is 0.422 e. The fourth-order valence-corrected chi connectivity index (χ4v) is 3.21. The molecule has 1 amide bonds. The molecule has 3 nitrogen and oxygen atoms in total. The number of hydrogen-bond donors (Lipinski definition) is 0. The van der Waals surface area contributed by atoms with Gasteiger partial charge >= 0.3 is 12.3 Å².